The minimum Gasteiger partial charge on any atom is -0.480 e. The molecule has 5 nitrogen and oxygen atoms in total. The molecular formula is C13H16INO4. The van der Waals surface area contributed by atoms with E-state index in [4.69, 9.17) is 9.84 Å². The Morgan fingerprint density at radius 2 is 2.11 bits per heavy atom. The summed E-state index contributed by atoms with van der Waals surface area (Å²) in [6, 6.07) is 6.54. The molecule has 0 saturated heterocycles. The molecule has 0 radical (unpaired) electrons. The van der Waals surface area contributed by atoms with Crippen LogP contribution in [-0.2, 0) is 20.7 Å². The SMILES string of the molecule is CCOCC(=O)N[C@H](Cc1ccccc1I)C(=O)O. The van der Waals surface area contributed by atoms with Crippen molar-refractivity contribution in [2.45, 2.75) is 19.4 Å². The van der Waals surface area contributed by atoms with Gasteiger partial charge in [0.15, 0.2) is 0 Å². The van der Waals surface area contributed by atoms with Gasteiger partial charge >= 0.3 is 5.97 Å². The van der Waals surface area contributed by atoms with Gasteiger partial charge in [0.1, 0.15) is 12.6 Å². The topological polar surface area (TPSA) is 75.6 Å². The molecule has 104 valence electrons. The van der Waals surface area contributed by atoms with Gasteiger partial charge in [0.25, 0.3) is 0 Å². The summed E-state index contributed by atoms with van der Waals surface area (Å²) < 4.78 is 5.92. The molecule has 0 saturated carbocycles. The number of benzene rings is 1. The van der Waals surface area contributed by atoms with Gasteiger partial charge in [0, 0.05) is 16.6 Å². The number of carbonyl (C=O) groups is 2. The third-order valence-corrected chi connectivity index (χ3v) is 3.50. The average molecular weight is 377 g/mol. The third kappa shape index (κ3) is 5.56. The second-order valence-corrected chi connectivity index (χ2v) is 5.05. The predicted octanol–water partition coefficient (Wildman–Crippen LogP) is 1.44. The number of carbonyl (C=O) groups excluding carboxylic acids is 1. The molecule has 19 heavy (non-hydrogen) atoms. The highest BCUT2D eigenvalue weighted by molar-refractivity contribution is 14.1. The normalized spacial score (nSPS) is 11.9. The largest absolute Gasteiger partial charge is 0.480 e. The highest BCUT2D eigenvalue weighted by atomic mass is 127. The third-order valence-electron chi connectivity index (χ3n) is 2.45. The Bertz CT molecular complexity index is 450. The minimum absolute atomic E-state index is 0.119. The van der Waals surface area contributed by atoms with Gasteiger partial charge < -0.3 is 15.2 Å². The van der Waals surface area contributed by atoms with E-state index in [1.54, 1.807) is 6.92 Å². The Labute approximate surface area is 125 Å². The summed E-state index contributed by atoms with van der Waals surface area (Å²) in [5, 5.41) is 11.6. The van der Waals surface area contributed by atoms with Crippen LogP contribution in [0.4, 0.5) is 0 Å². The number of aliphatic carboxylic acids is 1. The van der Waals surface area contributed by atoms with Crippen LogP contribution in [0.25, 0.3) is 0 Å². The molecule has 2 N–H and O–H groups in total. The Balaban J connectivity index is 2.66. The van der Waals surface area contributed by atoms with Gasteiger partial charge in [-0.15, -0.1) is 0 Å². The highest BCUT2D eigenvalue weighted by Gasteiger charge is 2.21. The van der Waals surface area contributed by atoms with Crippen molar-refractivity contribution in [3.63, 3.8) is 0 Å². The zero-order valence-electron chi connectivity index (χ0n) is 10.6. The molecule has 0 bridgehead atoms. The van der Waals surface area contributed by atoms with Crippen molar-refractivity contribution in [2.75, 3.05) is 13.2 Å². The number of hydrogen-bond acceptors (Lipinski definition) is 3. The zero-order valence-corrected chi connectivity index (χ0v) is 12.7. The van der Waals surface area contributed by atoms with Crippen molar-refractivity contribution >= 4 is 34.5 Å². The maximum atomic E-state index is 11.5. The van der Waals surface area contributed by atoms with Crippen LogP contribution in [0.1, 0.15) is 12.5 Å². The molecule has 0 fully saturated rings. The molecule has 1 rings (SSSR count). The Kier molecular flexibility index (Phi) is 6.79. The number of carboxylic acids is 1. The lowest BCUT2D eigenvalue weighted by Crippen LogP contribution is -2.44. The summed E-state index contributed by atoms with van der Waals surface area (Å²) in [5.41, 5.74) is 0.896. The smallest absolute Gasteiger partial charge is 0.326 e. The molecule has 0 aliphatic rings. The van der Waals surface area contributed by atoms with Crippen LogP contribution in [0.3, 0.4) is 0 Å². The van der Waals surface area contributed by atoms with Gasteiger partial charge in [-0.25, -0.2) is 4.79 Å². The number of hydrogen-bond donors (Lipinski definition) is 2. The first-order valence-corrected chi connectivity index (χ1v) is 6.95. The minimum atomic E-state index is -1.05. The first kappa shape index (κ1) is 15.9. The van der Waals surface area contributed by atoms with Gasteiger partial charge in [0.05, 0.1) is 0 Å². The molecular weight excluding hydrogens is 361 g/mol. The van der Waals surface area contributed by atoms with E-state index in [0.29, 0.717) is 6.61 Å². The van der Waals surface area contributed by atoms with Crippen LogP contribution in [0.5, 0.6) is 0 Å². The number of halogens is 1. The van der Waals surface area contributed by atoms with Crippen LogP contribution < -0.4 is 5.32 Å². The lowest BCUT2D eigenvalue weighted by molar-refractivity contribution is -0.142. The Morgan fingerprint density at radius 3 is 2.68 bits per heavy atom. The van der Waals surface area contributed by atoms with Crippen LogP contribution in [0.15, 0.2) is 24.3 Å². The fourth-order valence-electron chi connectivity index (χ4n) is 1.51. The summed E-state index contributed by atoms with van der Waals surface area (Å²) >= 11 is 2.14. The van der Waals surface area contributed by atoms with Gasteiger partial charge in [-0.3, -0.25) is 4.79 Å². The molecule has 1 atom stereocenters. The second-order valence-electron chi connectivity index (χ2n) is 3.89. The Hall–Kier alpha value is -1.15. The van der Waals surface area contributed by atoms with Crippen molar-refractivity contribution in [3.8, 4) is 0 Å². The van der Waals surface area contributed by atoms with Crippen molar-refractivity contribution in [1.82, 2.24) is 5.32 Å². The fraction of sp³-hybridized carbons (Fsp3) is 0.385. The summed E-state index contributed by atoms with van der Waals surface area (Å²) in [7, 11) is 0. The van der Waals surface area contributed by atoms with Crippen LogP contribution >= 0.6 is 22.6 Å². The van der Waals surface area contributed by atoms with Gasteiger partial charge in [-0.1, -0.05) is 18.2 Å². The molecule has 1 amide bonds. The van der Waals surface area contributed by atoms with Gasteiger partial charge in [0.2, 0.25) is 5.91 Å². The number of carboxylic acid groups (broad SMARTS) is 1. The molecule has 0 unspecified atom stereocenters. The molecule has 6 heteroatoms. The molecule has 0 heterocycles. The van der Waals surface area contributed by atoms with E-state index in [9.17, 15) is 9.59 Å². The summed E-state index contributed by atoms with van der Waals surface area (Å²) in [6.07, 6.45) is 0.256. The first-order valence-electron chi connectivity index (χ1n) is 5.88. The maximum Gasteiger partial charge on any atom is 0.326 e. The maximum absolute atomic E-state index is 11.5. The van der Waals surface area contributed by atoms with Crippen molar-refractivity contribution in [2.24, 2.45) is 0 Å². The summed E-state index contributed by atoms with van der Waals surface area (Å²) in [5.74, 6) is -1.47. The van der Waals surface area contributed by atoms with E-state index in [1.165, 1.54) is 0 Å². The lowest BCUT2D eigenvalue weighted by atomic mass is 10.1. The standard InChI is InChI=1S/C13H16INO4/c1-2-19-8-12(16)15-11(13(17)18)7-9-5-3-4-6-10(9)14/h3-6,11H,2,7-8H2,1H3,(H,15,16)(H,17,18)/t11-/m1/s1. The van der Waals surface area contributed by atoms with Crippen LogP contribution in [-0.4, -0.2) is 36.2 Å². The zero-order chi connectivity index (χ0) is 14.3. The number of rotatable bonds is 7. The van der Waals surface area contributed by atoms with E-state index in [2.05, 4.69) is 27.9 Å². The fourth-order valence-corrected chi connectivity index (χ4v) is 2.12. The van der Waals surface area contributed by atoms with E-state index in [1.807, 2.05) is 24.3 Å². The van der Waals surface area contributed by atoms with Crippen molar-refractivity contribution < 1.29 is 19.4 Å². The second kappa shape index (κ2) is 8.11. The average Bonchev–Trinajstić information content (AvgIpc) is 2.38. The predicted molar refractivity (Wildman–Crippen MR) is 78.9 cm³/mol. The first-order chi connectivity index (χ1) is 9.04. The van der Waals surface area contributed by atoms with Gasteiger partial charge in [-0.2, -0.15) is 0 Å². The summed E-state index contributed by atoms with van der Waals surface area (Å²) in [6.45, 7) is 2.07. The Morgan fingerprint density at radius 1 is 1.42 bits per heavy atom. The van der Waals surface area contributed by atoms with Crippen molar-refractivity contribution in [1.29, 1.82) is 0 Å². The molecule has 1 aromatic carbocycles. The number of ether oxygens (including phenoxy) is 1. The quantitative estimate of drug-likeness (QED) is 0.706. The van der Waals surface area contributed by atoms with Gasteiger partial charge in [-0.05, 0) is 41.1 Å². The van der Waals surface area contributed by atoms with E-state index in [-0.39, 0.29) is 13.0 Å². The van der Waals surface area contributed by atoms with Crippen LogP contribution in [0.2, 0.25) is 0 Å². The summed E-state index contributed by atoms with van der Waals surface area (Å²) in [4.78, 5) is 22.7. The molecule has 0 aliphatic carbocycles. The highest BCUT2D eigenvalue weighted by Crippen LogP contribution is 2.13. The van der Waals surface area contributed by atoms with Crippen LogP contribution in [0, 0.1) is 3.57 Å². The van der Waals surface area contributed by atoms with E-state index in [0.717, 1.165) is 9.13 Å². The monoisotopic (exact) mass is 377 g/mol. The number of amides is 1. The lowest BCUT2D eigenvalue weighted by Gasteiger charge is -2.15. The molecule has 1 aromatic rings. The molecule has 0 spiro atoms. The molecule has 0 aliphatic heterocycles. The van der Waals surface area contributed by atoms with Crippen molar-refractivity contribution in [3.05, 3.63) is 33.4 Å². The number of nitrogens with one attached hydrogen (secondary N) is 1. The molecule has 0 aromatic heterocycles. The van der Waals surface area contributed by atoms with E-state index < -0.39 is 17.9 Å². The van der Waals surface area contributed by atoms with E-state index >= 15 is 0 Å².